The monoisotopic (exact) mass is 300 g/mol. The molecule has 0 fully saturated rings. The minimum atomic E-state index is -1.06. The third-order valence-corrected chi connectivity index (χ3v) is 2.65. The van der Waals surface area contributed by atoms with Gasteiger partial charge in [-0.2, -0.15) is 0 Å². The molecule has 17 heavy (non-hydrogen) atoms. The molecule has 0 radical (unpaired) electrons. The number of aliphatic carboxylic acids is 1. The number of nitrogens with zero attached hydrogens (tertiary/aromatic N) is 4. The molecule has 8 heteroatoms. The number of carbonyl (C=O) groups is 1. The molecule has 88 valence electrons. The van der Waals surface area contributed by atoms with Crippen LogP contribution in [0.15, 0.2) is 22.7 Å². The smallest absolute Gasteiger partial charge is 0.325 e. The fourth-order valence-electron chi connectivity index (χ4n) is 1.30. The highest BCUT2D eigenvalue weighted by molar-refractivity contribution is 9.10. The van der Waals surface area contributed by atoms with Crippen LogP contribution in [0.1, 0.15) is 0 Å². The lowest BCUT2D eigenvalue weighted by molar-refractivity contribution is -0.137. The maximum atomic E-state index is 12.9. The average Bonchev–Trinajstić information content (AvgIpc) is 2.65. The van der Waals surface area contributed by atoms with Crippen LogP contribution in [0.3, 0.4) is 0 Å². The molecule has 0 amide bonds. The molecule has 1 heterocycles. The molecule has 2 rings (SSSR count). The lowest BCUT2D eigenvalue weighted by Crippen LogP contribution is -2.11. The SMILES string of the molecule is O=C(O)Cn1nnnc1-c1ccc(F)cc1Br. The van der Waals surface area contributed by atoms with Gasteiger partial charge in [0.15, 0.2) is 5.82 Å². The fraction of sp³-hybridized carbons (Fsp3) is 0.111. The van der Waals surface area contributed by atoms with Crippen molar-refractivity contribution in [3.63, 3.8) is 0 Å². The lowest BCUT2D eigenvalue weighted by Gasteiger charge is -2.04. The van der Waals surface area contributed by atoms with Gasteiger partial charge < -0.3 is 5.11 Å². The van der Waals surface area contributed by atoms with Gasteiger partial charge in [-0.05, 0) is 44.6 Å². The first-order chi connectivity index (χ1) is 8.08. The number of tetrazole rings is 1. The molecule has 0 aliphatic heterocycles. The van der Waals surface area contributed by atoms with E-state index in [-0.39, 0.29) is 12.4 Å². The highest BCUT2D eigenvalue weighted by Gasteiger charge is 2.14. The van der Waals surface area contributed by atoms with Gasteiger partial charge in [0.25, 0.3) is 0 Å². The van der Waals surface area contributed by atoms with Gasteiger partial charge in [0.05, 0.1) is 0 Å². The van der Waals surface area contributed by atoms with Gasteiger partial charge in [-0.15, -0.1) is 5.10 Å². The molecular formula is C9H6BrFN4O2. The number of benzene rings is 1. The van der Waals surface area contributed by atoms with E-state index in [2.05, 4.69) is 31.5 Å². The molecule has 1 N–H and O–H groups in total. The molecule has 0 saturated heterocycles. The van der Waals surface area contributed by atoms with Crippen LogP contribution >= 0.6 is 15.9 Å². The van der Waals surface area contributed by atoms with Gasteiger partial charge in [-0.3, -0.25) is 4.79 Å². The van der Waals surface area contributed by atoms with E-state index < -0.39 is 11.8 Å². The molecule has 1 aromatic heterocycles. The molecule has 1 aromatic carbocycles. The molecule has 0 aliphatic rings. The van der Waals surface area contributed by atoms with Crippen molar-refractivity contribution in [2.75, 3.05) is 0 Å². The minimum Gasteiger partial charge on any atom is -0.480 e. The van der Waals surface area contributed by atoms with Crippen LogP contribution in [0, 0.1) is 5.82 Å². The van der Waals surface area contributed by atoms with Crippen LogP contribution in [0.5, 0.6) is 0 Å². The molecule has 0 spiro atoms. The number of aromatic nitrogens is 4. The Labute approximate surface area is 103 Å². The van der Waals surface area contributed by atoms with E-state index in [1.807, 2.05) is 0 Å². The number of carboxylic acid groups (broad SMARTS) is 1. The number of carboxylic acids is 1. The first kappa shape index (κ1) is 11.6. The van der Waals surface area contributed by atoms with E-state index in [1.54, 1.807) is 0 Å². The van der Waals surface area contributed by atoms with Crippen LogP contribution < -0.4 is 0 Å². The Balaban J connectivity index is 2.46. The summed E-state index contributed by atoms with van der Waals surface area (Å²) < 4.78 is 14.5. The van der Waals surface area contributed by atoms with E-state index in [0.29, 0.717) is 10.0 Å². The van der Waals surface area contributed by atoms with Crippen LogP contribution in [0.2, 0.25) is 0 Å². The van der Waals surface area contributed by atoms with E-state index in [4.69, 9.17) is 5.11 Å². The average molecular weight is 301 g/mol. The zero-order valence-corrected chi connectivity index (χ0v) is 9.93. The summed E-state index contributed by atoms with van der Waals surface area (Å²) in [6.07, 6.45) is 0. The van der Waals surface area contributed by atoms with Crippen molar-refractivity contribution in [2.45, 2.75) is 6.54 Å². The van der Waals surface area contributed by atoms with Crippen LogP contribution in [-0.2, 0) is 11.3 Å². The van der Waals surface area contributed by atoms with Crippen molar-refractivity contribution < 1.29 is 14.3 Å². The zero-order chi connectivity index (χ0) is 12.4. The first-order valence-electron chi connectivity index (χ1n) is 4.51. The quantitative estimate of drug-likeness (QED) is 0.925. The summed E-state index contributed by atoms with van der Waals surface area (Å²) in [5.41, 5.74) is 0.526. The Bertz CT molecular complexity index is 572. The molecule has 2 aromatic rings. The molecule has 0 aliphatic carbocycles. The summed E-state index contributed by atoms with van der Waals surface area (Å²) >= 11 is 3.17. The van der Waals surface area contributed by atoms with Gasteiger partial charge in [0, 0.05) is 10.0 Å². The fourth-order valence-corrected chi connectivity index (χ4v) is 1.83. The summed E-state index contributed by atoms with van der Waals surface area (Å²) in [7, 11) is 0. The summed E-state index contributed by atoms with van der Waals surface area (Å²) in [6, 6.07) is 3.98. The second-order valence-corrected chi connectivity index (χ2v) is 4.03. The molecule has 0 saturated carbocycles. The normalized spacial score (nSPS) is 10.5. The highest BCUT2D eigenvalue weighted by Crippen LogP contribution is 2.26. The maximum Gasteiger partial charge on any atom is 0.325 e. The molecule has 0 bridgehead atoms. The highest BCUT2D eigenvalue weighted by atomic mass is 79.9. The summed E-state index contributed by atoms with van der Waals surface area (Å²) in [6.45, 7) is -0.355. The predicted octanol–water partition coefficient (Wildman–Crippen LogP) is 1.33. The van der Waals surface area contributed by atoms with Gasteiger partial charge in [-0.1, -0.05) is 0 Å². The van der Waals surface area contributed by atoms with Crippen LogP contribution in [0.25, 0.3) is 11.4 Å². The van der Waals surface area contributed by atoms with Crippen molar-refractivity contribution in [1.29, 1.82) is 0 Å². The molecule has 6 nitrogen and oxygen atoms in total. The summed E-state index contributed by atoms with van der Waals surface area (Å²) in [4.78, 5) is 10.6. The van der Waals surface area contributed by atoms with Crippen molar-refractivity contribution in [3.8, 4) is 11.4 Å². The topological polar surface area (TPSA) is 80.9 Å². The van der Waals surface area contributed by atoms with Crippen molar-refractivity contribution in [2.24, 2.45) is 0 Å². The van der Waals surface area contributed by atoms with E-state index >= 15 is 0 Å². The third kappa shape index (κ3) is 2.47. The van der Waals surface area contributed by atoms with Crippen LogP contribution in [0.4, 0.5) is 4.39 Å². The van der Waals surface area contributed by atoms with Crippen LogP contribution in [-0.4, -0.2) is 31.3 Å². The van der Waals surface area contributed by atoms with Gasteiger partial charge >= 0.3 is 5.97 Å². The van der Waals surface area contributed by atoms with E-state index in [9.17, 15) is 9.18 Å². The molecular weight excluding hydrogens is 295 g/mol. The Kier molecular flexibility index (Phi) is 3.14. The predicted molar refractivity (Wildman–Crippen MR) is 58.5 cm³/mol. The number of hydrogen-bond acceptors (Lipinski definition) is 4. The Morgan fingerprint density at radius 1 is 1.53 bits per heavy atom. The Morgan fingerprint density at radius 3 is 2.94 bits per heavy atom. The first-order valence-corrected chi connectivity index (χ1v) is 5.30. The zero-order valence-electron chi connectivity index (χ0n) is 8.34. The maximum absolute atomic E-state index is 12.9. The van der Waals surface area contributed by atoms with Gasteiger partial charge in [-0.25, -0.2) is 9.07 Å². The summed E-state index contributed by atoms with van der Waals surface area (Å²) in [5.74, 6) is -1.20. The largest absolute Gasteiger partial charge is 0.480 e. The van der Waals surface area contributed by atoms with E-state index in [0.717, 1.165) is 4.68 Å². The Hall–Kier alpha value is -1.83. The lowest BCUT2D eigenvalue weighted by atomic mass is 10.2. The van der Waals surface area contributed by atoms with Gasteiger partial charge in [0.2, 0.25) is 0 Å². The molecule has 0 atom stereocenters. The number of halogens is 2. The minimum absolute atomic E-state index is 0.263. The second kappa shape index (κ2) is 4.58. The van der Waals surface area contributed by atoms with Crippen molar-refractivity contribution in [3.05, 3.63) is 28.5 Å². The van der Waals surface area contributed by atoms with Crippen molar-refractivity contribution in [1.82, 2.24) is 20.2 Å². The standard InChI is InChI=1S/C9H6BrFN4O2/c10-7-3-5(11)1-2-6(7)9-12-13-14-15(9)4-8(16)17/h1-3H,4H2,(H,16,17). The second-order valence-electron chi connectivity index (χ2n) is 3.18. The van der Waals surface area contributed by atoms with E-state index in [1.165, 1.54) is 18.2 Å². The third-order valence-electron chi connectivity index (χ3n) is 1.99. The Morgan fingerprint density at radius 2 is 2.29 bits per heavy atom. The number of hydrogen-bond donors (Lipinski definition) is 1. The van der Waals surface area contributed by atoms with Gasteiger partial charge in [0.1, 0.15) is 12.4 Å². The summed E-state index contributed by atoms with van der Waals surface area (Å²) in [5, 5.41) is 19.4. The molecule has 0 unspecified atom stereocenters. The number of rotatable bonds is 3. The van der Waals surface area contributed by atoms with Crippen molar-refractivity contribution >= 4 is 21.9 Å².